The fraction of sp³-hybridized carbons (Fsp3) is 0.545. The number of benzene rings is 1. The van der Waals surface area contributed by atoms with E-state index in [-0.39, 0.29) is 35.9 Å². The van der Waals surface area contributed by atoms with Gasteiger partial charge in [-0.1, -0.05) is 35.6 Å². The van der Waals surface area contributed by atoms with Crippen LogP contribution < -0.4 is 4.31 Å². The summed E-state index contributed by atoms with van der Waals surface area (Å²) < 4.78 is 51.7. The van der Waals surface area contributed by atoms with Crippen LogP contribution in [0.4, 0.5) is 14.9 Å². The quantitative estimate of drug-likeness (QED) is 0.112. The first-order valence-corrected chi connectivity index (χ1v) is 13.2. The molecule has 10 nitrogen and oxygen atoms in total. The van der Waals surface area contributed by atoms with Crippen LogP contribution >= 0.6 is 11.6 Å². The molecule has 0 bridgehead atoms. The molecule has 1 amide bonds. The molecule has 1 aliphatic carbocycles. The van der Waals surface area contributed by atoms with Crippen LogP contribution in [0.25, 0.3) is 10.4 Å². The molecule has 13 heteroatoms. The number of sulfonamides is 1. The molecule has 0 heterocycles. The summed E-state index contributed by atoms with van der Waals surface area (Å²) in [5, 5.41) is 1.77. The third-order valence-corrected chi connectivity index (χ3v) is 7.61. The number of esters is 1. The van der Waals surface area contributed by atoms with Crippen molar-refractivity contribution in [1.82, 2.24) is 0 Å². The molecular formula is C22H28ClFN4O6S. The molecule has 0 N–H and O–H groups in total. The zero-order valence-electron chi connectivity index (χ0n) is 19.4. The lowest BCUT2D eigenvalue weighted by Crippen LogP contribution is -2.46. The molecule has 0 radical (unpaired) electrons. The summed E-state index contributed by atoms with van der Waals surface area (Å²) in [4.78, 5) is 28.1. The third-order valence-electron chi connectivity index (χ3n) is 5.24. The summed E-state index contributed by atoms with van der Waals surface area (Å²) in [7, 11) is -4.55. The second kappa shape index (κ2) is 13.9. The molecule has 35 heavy (non-hydrogen) atoms. The van der Waals surface area contributed by atoms with Crippen LogP contribution in [0.1, 0.15) is 51.9 Å². The van der Waals surface area contributed by atoms with Gasteiger partial charge in [-0.15, -0.1) is 0 Å². The Hall–Kier alpha value is -2.82. The first-order chi connectivity index (χ1) is 16.7. The van der Waals surface area contributed by atoms with E-state index in [0.29, 0.717) is 43.0 Å². The summed E-state index contributed by atoms with van der Waals surface area (Å²) in [5.74, 6) is -1.49. The third kappa shape index (κ3) is 7.84. The highest BCUT2D eigenvalue weighted by molar-refractivity contribution is 7.94. The molecule has 1 aromatic rings. The van der Waals surface area contributed by atoms with Gasteiger partial charge in [-0.05, 0) is 62.8 Å². The number of carbonyl (C=O) groups is 2. The highest BCUT2D eigenvalue weighted by Crippen LogP contribution is 2.35. The van der Waals surface area contributed by atoms with E-state index in [9.17, 15) is 22.4 Å². The lowest BCUT2D eigenvalue weighted by atomic mass is 9.99. The molecule has 192 valence electrons. The monoisotopic (exact) mass is 530 g/mol. The molecule has 1 atom stereocenters. The maximum Gasteiger partial charge on any atom is 0.428 e. The second-order valence-corrected chi connectivity index (χ2v) is 10.1. The Morgan fingerprint density at radius 3 is 2.69 bits per heavy atom. The lowest BCUT2D eigenvalue weighted by Gasteiger charge is -2.30. The molecule has 0 aliphatic heterocycles. The van der Waals surface area contributed by atoms with E-state index in [0.717, 1.165) is 24.6 Å². The van der Waals surface area contributed by atoms with Gasteiger partial charge < -0.3 is 9.47 Å². The van der Waals surface area contributed by atoms with Crippen molar-refractivity contribution in [1.29, 1.82) is 0 Å². The maximum atomic E-state index is 13.7. The van der Waals surface area contributed by atoms with Crippen LogP contribution in [-0.2, 0) is 24.3 Å². The number of hydrogen-bond donors (Lipinski definition) is 0. The van der Waals surface area contributed by atoms with Crippen molar-refractivity contribution in [2.24, 2.45) is 5.11 Å². The second-order valence-electron chi connectivity index (χ2n) is 7.69. The zero-order valence-corrected chi connectivity index (χ0v) is 20.9. The van der Waals surface area contributed by atoms with E-state index in [1.807, 2.05) is 0 Å². The average molecular weight is 531 g/mol. The van der Waals surface area contributed by atoms with Crippen molar-refractivity contribution in [3.05, 3.63) is 51.1 Å². The standard InChI is InChI=1S/C22H28ClFN4O6S/c1-2-33-21(29)17-9-5-6-10-20(17)35(31,32)28(19-12-11-16(24)15-18(19)23)22(30)34-14-8-4-3-7-13-26-27-25/h9,11-12,15,20H,2-8,10,13-14H2,1H3. The average Bonchev–Trinajstić information content (AvgIpc) is 2.82. The minimum absolute atomic E-state index is 0.0569. The van der Waals surface area contributed by atoms with Gasteiger partial charge in [0.25, 0.3) is 10.0 Å². The van der Waals surface area contributed by atoms with E-state index >= 15 is 0 Å². The largest absolute Gasteiger partial charge is 0.463 e. The molecule has 0 spiro atoms. The molecule has 1 unspecified atom stereocenters. The van der Waals surface area contributed by atoms with Crippen LogP contribution in [0.5, 0.6) is 0 Å². The van der Waals surface area contributed by atoms with Crippen molar-refractivity contribution >= 4 is 39.4 Å². The van der Waals surface area contributed by atoms with Crippen LogP contribution in [0.2, 0.25) is 5.02 Å². The van der Waals surface area contributed by atoms with E-state index < -0.39 is 33.2 Å². The first-order valence-electron chi connectivity index (χ1n) is 11.3. The molecule has 0 aromatic heterocycles. The van der Waals surface area contributed by atoms with Crippen molar-refractivity contribution < 1.29 is 31.9 Å². The van der Waals surface area contributed by atoms with Gasteiger partial charge in [0.2, 0.25) is 0 Å². The SMILES string of the molecule is CCOC(=O)C1=CCCCC1S(=O)(=O)N(C(=O)OCCCCCCN=[N+]=[N-])c1ccc(F)cc1Cl. The predicted octanol–water partition coefficient (Wildman–Crippen LogP) is 5.66. The molecule has 0 fully saturated rings. The topological polar surface area (TPSA) is 139 Å². The summed E-state index contributed by atoms with van der Waals surface area (Å²) in [6, 6.07) is 2.94. The van der Waals surface area contributed by atoms with Crippen molar-refractivity contribution in [2.75, 3.05) is 24.1 Å². The Kier molecular flexibility index (Phi) is 11.3. The number of carbonyl (C=O) groups excluding carboxylic acids is 2. The Morgan fingerprint density at radius 2 is 2.00 bits per heavy atom. The minimum atomic E-state index is -4.55. The highest BCUT2D eigenvalue weighted by atomic mass is 35.5. The van der Waals surface area contributed by atoms with Gasteiger partial charge in [0.05, 0.1) is 29.5 Å². The zero-order chi connectivity index (χ0) is 25.8. The molecule has 0 saturated carbocycles. The van der Waals surface area contributed by atoms with E-state index in [4.69, 9.17) is 26.6 Å². The summed E-state index contributed by atoms with van der Waals surface area (Å²) in [5.41, 5.74) is 7.93. The number of ether oxygens (including phenoxy) is 2. The van der Waals surface area contributed by atoms with Crippen molar-refractivity contribution in [3.8, 4) is 0 Å². The van der Waals surface area contributed by atoms with Crippen LogP contribution in [0, 0.1) is 5.82 Å². The highest BCUT2D eigenvalue weighted by Gasteiger charge is 2.43. The van der Waals surface area contributed by atoms with Gasteiger partial charge in [0.15, 0.2) is 0 Å². The van der Waals surface area contributed by atoms with Crippen LogP contribution in [0.15, 0.2) is 35.0 Å². The molecular weight excluding hydrogens is 503 g/mol. The van der Waals surface area contributed by atoms with Crippen molar-refractivity contribution in [3.63, 3.8) is 0 Å². The summed E-state index contributed by atoms with van der Waals surface area (Å²) >= 11 is 6.11. The van der Waals surface area contributed by atoms with E-state index in [1.165, 1.54) is 6.08 Å². The predicted molar refractivity (Wildman–Crippen MR) is 129 cm³/mol. The molecule has 2 rings (SSSR count). The van der Waals surface area contributed by atoms with Crippen LogP contribution in [-0.4, -0.2) is 45.5 Å². The summed E-state index contributed by atoms with van der Waals surface area (Å²) in [6.07, 6.45) is 3.86. The van der Waals surface area contributed by atoms with Gasteiger partial charge in [0.1, 0.15) is 11.1 Å². The molecule has 0 saturated heterocycles. The minimum Gasteiger partial charge on any atom is -0.463 e. The fourth-order valence-corrected chi connectivity index (χ4v) is 5.83. The Balaban J connectivity index is 2.28. The van der Waals surface area contributed by atoms with E-state index in [2.05, 4.69) is 10.0 Å². The number of azide groups is 1. The normalized spacial score (nSPS) is 15.5. The Labute approximate surface area is 208 Å². The summed E-state index contributed by atoms with van der Waals surface area (Å²) in [6.45, 7) is 1.95. The van der Waals surface area contributed by atoms with Gasteiger partial charge >= 0.3 is 12.1 Å². The maximum absolute atomic E-state index is 13.7. The van der Waals surface area contributed by atoms with Gasteiger partial charge in [-0.3, -0.25) is 0 Å². The number of amides is 1. The first kappa shape index (κ1) is 28.4. The van der Waals surface area contributed by atoms with Crippen molar-refractivity contribution in [2.45, 2.75) is 57.1 Å². The number of anilines is 1. The lowest BCUT2D eigenvalue weighted by molar-refractivity contribution is -0.138. The fourth-order valence-electron chi connectivity index (χ4n) is 3.60. The number of hydrogen-bond acceptors (Lipinski definition) is 7. The van der Waals surface area contributed by atoms with Gasteiger partial charge in [0, 0.05) is 11.5 Å². The number of rotatable bonds is 12. The molecule has 1 aromatic carbocycles. The Morgan fingerprint density at radius 1 is 1.26 bits per heavy atom. The Bertz CT molecular complexity index is 1090. The molecule has 1 aliphatic rings. The van der Waals surface area contributed by atoms with Gasteiger partial charge in [-0.25, -0.2) is 22.4 Å². The van der Waals surface area contributed by atoms with E-state index in [1.54, 1.807) is 6.92 Å². The number of allylic oxidation sites excluding steroid dienone is 1. The van der Waals surface area contributed by atoms with Crippen LogP contribution in [0.3, 0.4) is 0 Å². The number of halogens is 2. The number of nitrogens with zero attached hydrogens (tertiary/aromatic N) is 4. The smallest absolute Gasteiger partial charge is 0.428 e. The number of unbranched alkanes of at least 4 members (excludes halogenated alkanes) is 3. The van der Waals surface area contributed by atoms with Gasteiger partial charge in [-0.2, -0.15) is 4.31 Å².